The maximum Gasteiger partial charge on any atom is 0.232 e. The van der Waals surface area contributed by atoms with Gasteiger partial charge in [0.2, 0.25) is 5.91 Å². The molecule has 4 aromatic rings. The zero-order chi connectivity index (χ0) is 20.3. The van der Waals surface area contributed by atoms with Crippen molar-refractivity contribution < 1.29 is 9.53 Å². The molecule has 0 unspecified atom stereocenters. The van der Waals surface area contributed by atoms with Gasteiger partial charge in [0.1, 0.15) is 11.5 Å². The van der Waals surface area contributed by atoms with Gasteiger partial charge >= 0.3 is 0 Å². The van der Waals surface area contributed by atoms with Crippen molar-refractivity contribution >= 4 is 5.91 Å². The average molecular weight is 396 g/mol. The second-order valence-electron chi connectivity index (χ2n) is 7.10. The van der Waals surface area contributed by atoms with Crippen LogP contribution >= 0.6 is 0 Å². The van der Waals surface area contributed by atoms with Crippen molar-refractivity contribution in [2.75, 3.05) is 6.54 Å². The minimum atomic E-state index is -0.392. The van der Waals surface area contributed by atoms with Gasteiger partial charge < -0.3 is 10.1 Å². The lowest BCUT2D eigenvalue weighted by atomic mass is 9.87. The highest BCUT2D eigenvalue weighted by atomic mass is 16.5. The zero-order valence-electron chi connectivity index (χ0n) is 16.2. The number of benzene rings is 2. The van der Waals surface area contributed by atoms with E-state index in [4.69, 9.17) is 4.74 Å². The van der Waals surface area contributed by atoms with Crippen molar-refractivity contribution in [2.24, 2.45) is 0 Å². The first kappa shape index (κ1) is 18.1. The van der Waals surface area contributed by atoms with E-state index in [0.29, 0.717) is 13.1 Å². The van der Waals surface area contributed by atoms with Gasteiger partial charge in [-0.2, -0.15) is 5.10 Å². The molecular weight excluding hydrogens is 376 g/mol. The summed E-state index contributed by atoms with van der Waals surface area (Å²) in [6, 6.07) is 21.2. The van der Waals surface area contributed by atoms with Gasteiger partial charge in [-0.1, -0.05) is 36.4 Å². The number of hydrogen-bond donors (Lipinski definition) is 1. The van der Waals surface area contributed by atoms with Crippen LogP contribution in [-0.4, -0.2) is 27.2 Å². The van der Waals surface area contributed by atoms with E-state index >= 15 is 0 Å². The van der Waals surface area contributed by atoms with Crippen LogP contribution in [0.25, 0.3) is 11.3 Å². The number of para-hydroxylation sites is 2. The summed E-state index contributed by atoms with van der Waals surface area (Å²) in [7, 11) is 0. The summed E-state index contributed by atoms with van der Waals surface area (Å²) in [5, 5.41) is 7.65. The van der Waals surface area contributed by atoms with E-state index in [0.717, 1.165) is 33.9 Å². The van der Waals surface area contributed by atoms with Crippen LogP contribution in [0.3, 0.4) is 0 Å². The number of nitrogens with one attached hydrogen (secondary N) is 1. The van der Waals surface area contributed by atoms with Gasteiger partial charge in [0.05, 0.1) is 18.2 Å². The molecule has 148 valence electrons. The summed E-state index contributed by atoms with van der Waals surface area (Å²) in [6.07, 6.45) is 5.41. The largest absolute Gasteiger partial charge is 0.457 e. The van der Waals surface area contributed by atoms with Crippen LogP contribution in [0, 0.1) is 0 Å². The average Bonchev–Trinajstić information content (AvgIpc) is 3.27. The molecule has 3 heterocycles. The number of ether oxygens (including phenoxy) is 1. The molecule has 0 atom stereocenters. The van der Waals surface area contributed by atoms with E-state index in [1.54, 1.807) is 12.4 Å². The first-order valence-corrected chi connectivity index (χ1v) is 9.87. The van der Waals surface area contributed by atoms with Gasteiger partial charge in [-0.3, -0.25) is 14.5 Å². The Morgan fingerprint density at radius 1 is 0.933 bits per heavy atom. The van der Waals surface area contributed by atoms with Gasteiger partial charge in [-0.15, -0.1) is 0 Å². The van der Waals surface area contributed by atoms with Crippen LogP contribution in [0.4, 0.5) is 0 Å². The van der Waals surface area contributed by atoms with E-state index in [-0.39, 0.29) is 5.91 Å². The lowest BCUT2D eigenvalue weighted by Gasteiger charge is -2.27. The third-order valence-electron chi connectivity index (χ3n) is 5.20. The van der Waals surface area contributed by atoms with E-state index in [1.807, 2.05) is 77.6 Å². The first-order valence-electron chi connectivity index (χ1n) is 9.87. The molecule has 30 heavy (non-hydrogen) atoms. The summed E-state index contributed by atoms with van der Waals surface area (Å²) in [5.74, 6) is 1.02. The Bertz CT molecular complexity index is 1140. The van der Waals surface area contributed by atoms with E-state index in [1.165, 1.54) is 0 Å². The highest BCUT2D eigenvalue weighted by Gasteiger charge is 2.32. The Morgan fingerprint density at radius 3 is 2.30 bits per heavy atom. The highest BCUT2D eigenvalue weighted by molar-refractivity contribution is 5.89. The Balaban J connectivity index is 1.29. The highest BCUT2D eigenvalue weighted by Crippen LogP contribution is 2.43. The Hall–Kier alpha value is -3.93. The smallest absolute Gasteiger partial charge is 0.232 e. The number of amides is 1. The number of fused-ring (bicyclic) bond motifs is 2. The lowest BCUT2D eigenvalue weighted by molar-refractivity contribution is -0.121. The maximum atomic E-state index is 13.1. The molecule has 0 radical (unpaired) electrons. The molecule has 0 spiro atoms. The third-order valence-corrected chi connectivity index (χ3v) is 5.20. The topological polar surface area (TPSA) is 69.0 Å². The van der Waals surface area contributed by atoms with Crippen LogP contribution in [0.1, 0.15) is 17.0 Å². The van der Waals surface area contributed by atoms with Crippen molar-refractivity contribution in [3.05, 3.63) is 96.4 Å². The first-order chi connectivity index (χ1) is 14.8. The van der Waals surface area contributed by atoms with Gasteiger partial charge in [0.25, 0.3) is 0 Å². The minimum absolute atomic E-state index is 0.0419. The Labute approximate surface area is 174 Å². The van der Waals surface area contributed by atoms with E-state index in [2.05, 4.69) is 15.4 Å². The second-order valence-corrected chi connectivity index (χ2v) is 7.10. The molecule has 2 aromatic carbocycles. The Kier molecular flexibility index (Phi) is 4.73. The number of hydrogen-bond acceptors (Lipinski definition) is 4. The predicted octanol–water partition coefficient (Wildman–Crippen LogP) is 4.00. The minimum Gasteiger partial charge on any atom is -0.457 e. The summed E-state index contributed by atoms with van der Waals surface area (Å²) in [6.45, 7) is 1.07. The number of nitrogens with zero attached hydrogens (tertiary/aromatic N) is 3. The van der Waals surface area contributed by atoms with Gasteiger partial charge in [-0.25, -0.2) is 0 Å². The molecule has 0 fully saturated rings. The van der Waals surface area contributed by atoms with Crippen LogP contribution in [0.15, 0.2) is 85.3 Å². The number of pyridine rings is 1. The lowest BCUT2D eigenvalue weighted by Crippen LogP contribution is -2.33. The molecule has 2 aromatic heterocycles. The molecule has 0 saturated heterocycles. The molecule has 6 nitrogen and oxygen atoms in total. The third kappa shape index (κ3) is 3.43. The molecule has 1 aliphatic rings. The summed E-state index contributed by atoms with van der Waals surface area (Å²) in [5.41, 5.74) is 3.67. The molecular formula is C24H20N4O2. The van der Waals surface area contributed by atoms with Crippen molar-refractivity contribution in [1.82, 2.24) is 20.1 Å². The molecule has 0 saturated carbocycles. The standard InChI is InChI=1S/C24H20N4O2/c29-24(26-14-16-28-15-11-20(27-28)17-9-12-25-13-10-17)23-18-5-1-3-7-21(18)30-22-8-4-2-6-19(22)23/h1-13,15,23H,14,16H2,(H,26,29). The molecule has 0 aliphatic carbocycles. The fraction of sp³-hybridized carbons (Fsp3) is 0.125. The fourth-order valence-corrected chi connectivity index (χ4v) is 3.75. The number of rotatable bonds is 5. The number of aromatic nitrogens is 3. The summed E-state index contributed by atoms with van der Waals surface area (Å²) < 4.78 is 7.81. The second kappa shape index (κ2) is 7.83. The predicted molar refractivity (Wildman–Crippen MR) is 113 cm³/mol. The maximum absolute atomic E-state index is 13.1. The van der Waals surface area contributed by atoms with E-state index < -0.39 is 5.92 Å². The summed E-state index contributed by atoms with van der Waals surface area (Å²) in [4.78, 5) is 17.2. The van der Waals surface area contributed by atoms with Crippen LogP contribution < -0.4 is 10.1 Å². The fourth-order valence-electron chi connectivity index (χ4n) is 3.75. The van der Waals surface area contributed by atoms with Crippen LogP contribution in [0.5, 0.6) is 11.5 Å². The summed E-state index contributed by atoms with van der Waals surface area (Å²) >= 11 is 0. The van der Waals surface area contributed by atoms with Crippen molar-refractivity contribution in [3.8, 4) is 22.8 Å². The Morgan fingerprint density at radius 2 is 1.60 bits per heavy atom. The molecule has 6 heteroatoms. The molecule has 1 N–H and O–H groups in total. The van der Waals surface area contributed by atoms with Crippen LogP contribution in [-0.2, 0) is 11.3 Å². The number of carbonyl (C=O) groups excluding carboxylic acids is 1. The monoisotopic (exact) mass is 396 g/mol. The van der Waals surface area contributed by atoms with Gasteiger partial charge in [-0.05, 0) is 30.3 Å². The SMILES string of the molecule is O=C(NCCn1ccc(-c2ccncc2)n1)C1c2ccccc2Oc2ccccc21. The number of carbonyl (C=O) groups is 1. The van der Waals surface area contributed by atoms with E-state index in [9.17, 15) is 4.79 Å². The van der Waals surface area contributed by atoms with Gasteiger partial charge in [0, 0.05) is 41.8 Å². The molecule has 1 aliphatic heterocycles. The zero-order valence-corrected chi connectivity index (χ0v) is 16.2. The normalized spacial score (nSPS) is 12.5. The molecule has 5 rings (SSSR count). The molecule has 1 amide bonds. The van der Waals surface area contributed by atoms with Crippen molar-refractivity contribution in [2.45, 2.75) is 12.5 Å². The van der Waals surface area contributed by atoms with Crippen molar-refractivity contribution in [3.63, 3.8) is 0 Å². The molecule has 0 bridgehead atoms. The quantitative estimate of drug-likeness (QED) is 0.554. The van der Waals surface area contributed by atoms with Crippen molar-refractivity contribution in [1.29, 1.82) is 0 Å². The van der Waals surface area contributed by atoms with Crippen LogP contribution in [0.2, 0.25) is 0 Å². The van der Waals surface area contributed by atoms with Gasteiger partial charge in [0.15, 0.2) is 0 Å².